The molecule has 0 bridgehead atoms. The Labute approximate surface area is 181 Å². The van der Waals surface area contributed by atoms with Crippen LogP contribution in [0.2, 0.25) is 0 Å². The van der Waals surface area contributed by atoms with E-state index in [0.717, 1.165) is 71.9 Å². The second kappa shape index (κ2) is 7.45. The standard InChI is InChI=1S/C23H29N5OS/c1-14-15-7-8-23(2,3)12-16(15)18-19-20(30-22(18)27-14)21(26-13-25-19)24-9-5-11-28-10-4-6-17(28)29/h13H,4-12H2,1-3H3,(H,24,25,26). The van der Waals surface area contributed by atoms with Crippen molar-refractivity contribution in [1.82, 2.24) is 19.9 Å². The summed E-state index contributed by atoms with van der Waals surface area (Å²) >= 11 is 1.70. The highest BCUT2D eigenvalue weighted by molar-refractivity contribution is 7.26. The van der Waals surface area contributed by atoms with Gasteiger partial charge in [0, 0.05) is 37.1 Å². The summed E-state index contributed by atoms with van der Waals surface area (Å²) in [6.45, 7) is 9.38. The number of fused-ring (bicyclic) bond motifs is 5. The predicted octanol–water partition coefficient (Wildman–Crippen LogP) is 4.49. The summed E-state index contributed by atoms with van der Waals surface area (Å²) in [7, 11) is 0. The lowest BCUT2D eigenvalue weighted by Crippen LogP contribution is -2.27. The number of aromatic nitrogens is 3. The van der Waals surface area contributed by atoms with Crippen LogP contribution in [0.4, 0.5) is 5.82 Å². The molecule has 1 aliphatic heterocycles. The van der Waals surface area contributed by atoms with Gasteiger partial charge in [-0.25, -0.2) is 15.0 Å². The largest absolute Gasteiger partial charge is 0.369 e. The SMILES string of the molecule is Cc1nc2sc3c(NCCCN4CCCC4=O)ncnc3c2c2c1CCC(C)(C)C2. The number of anilines is 1. The average molecular weight is 424 g/mol. The van der Waals surface area contributed by atoms with Crippen LogP contribution in [0.1, 0.15) is 56.4 Å². The van der Waals surface area contributed by atoms with Crippen molar-refractivity contribution in [2.45, 2.75) is 59.3 Å². The molecule has 2 aliphatic rings. The van der Waals surface area contributed by atoms with Gasteiger partial charge in [-0.15, -0.1) is 11.3 Å². The molecule has 0 saturated carbocycles. The summed E-state index contributed by atoms with van der Waals surface area (Å²) in [5, 5.41) is 4.72. The maximum atomic E-state index is 11.8. The number of nitrogens with one attached hydrogen (secondary N) is 1. The van der Waals surface area contributed by atoms with Crippen LogP contribution >= 0.6 is 11.3 Å². The highest BCUT2D eigenvalue weighted by Crippen LogP contribution is 2.44. The number of likely N-dealkylation sites (tertiary alicyclic amines) is 1. The van der Waals surface area contributed by atoms with Crippen molar-refractivity contribution in [3.8, 4) is 0 Å². The van der Waals surface area contributed by atoms with Gasteiger partial charge >= 0.3 is 0 Å². The first kappa shape index (κ1) is 19.7. The molecule has 0 unspecified atom stereocenters. The van der Waals surface area contributed by atoms with Gasteiger partial charge in [0.25, 0.3) is 0 Å². The lowest BCUT2D eigenvalue weighted by atomic mass is 9.73. The van der Waals surface area contributed by atoms with Crippen molar-refractivity contribution < 1.29 is 4.79 Å². The van der Waals surface area contributed by atoms with Crippen molar-refractivity contribution in [3.63, 3.8) is 0 Å². The summed E-state index contributed by atoms with van der Waals surface area (Å²) < 4.78 is 1.09. The first-order valence-corrected chi connectivity index (χ1v) is 11.8. The Bertz CT molecular complexity index is 1140. The molecule has 1 saturated heterocycles. The van der Waals surface area contributed by atoms with Crippen molar-refractivity contribution in [3.05, 3.63) is 23.1 Å². The second-order valence-electron chi connectivity index (χ2n) is 9.44. The second-order valence-corrected chi connectivity index (χ2v) is 10.4. The van der Waals surface area contributed by atoms with E-state index in [9.17, 15) is 4.79 Å². The highest BCUT2D eigenvalue weighted by atomic mass is 32.1. The Morgan fingerprint density at radius 3 is 2.90 bits per heavy atom. The summed E-state index contributed by atoms with van der Waals surface area (Å²) in [5.41, 5.74) is 5.37. The van der Waals surface area contributed by atoms with E-state index in [0.29, 0.717) is 11.8 Å². The van der Waals surface area contributed by atoms with Gasteiger partial charge in [0.2, 0.25) is 5.91 Å². The third kappa shape index (κ3) is 3.43. The number of rotatable bonds is 5. The minimum atomic E-state index is 0.290. The summed E-state index contributed by atoms with van der Waals surface area (Å²) in [6.07, 6.45) is 7.66. The van der Waals surface area contributed by atoms with Gasteiger partial charge in [-0.05, 0) is 55.6 Å². The summed E-state index contributed by atoms with van der Waals surface area (Å²) in [6, 6.07) is 0. The molecule has 0 atom stereocenters. The van der Waals surface area contributed by atoms with E-state index in [4.69, 9.17) is 4.98 Å². The zero-order valence-corrected chi connectivity index (χ0v) is 18.9. The fourth-order valence-corrected chi connectivity index (χ4v) is 6.11. The molecule has 4 heterocycles. The average Bonchev–Trinajstić information content (AvgIpc) is 3.27. The van der Waals surface area contributed by atoms with Gasteiger partial charge in [0.1, 0.15) is 17.0 Å². The zero-order valence-electron chi connectivity index (χ0n) is 18.0. The first-order valence-electron chi connectivity index (χ1n) is 11.0. The van der Waals surface area contributed by atoms with Crippen LogP contribution in [0, 0.1) is 12.3 Å². The molecule has 0 spiro atoms. The molecule has 5 rings (SSSR count). The van der Waals surface area contributed by atoms with Crippen LogP contribution in [0.5, 0.6) is 0 Å². The van der Waals surface area contributed by atoms with E-state index >= 15 is 0 Å². The van der Waals surface area contributed by atoms with Gasteiger partial charge in [0.05, 0.1) is 10.2 Å². The van der Waals surface area contributed by atoms with Gasteiger partial charge < -0.3 is 10.2 Å². The quantitative estimate of drug-likeness (QED) is 0.613. The third-order valence-corrected chi connectivity index (χ3v) is 7.68. The van der Waals surface area contributed by atoms with E-state index in [-0.39, 0.29) is 5.91 Å². The summed E-state index contributed by atoms with van der Waals surface area (Å²) in [5.74, 6) is 1.18. The molecule has 0 aromatic carbocycles. The van der Waals surface area contributed by atoms with E-state index in [1.54, 1.807) is 17.7 Å². The lowest BCUT2D eigenvalue weighted by molar-refractivity contribution is -0.127. The summed E-state index contributed by atoms with van der Waals surface area (Å²) in [4.78, 5) is 29.0. The van der Waals surface area contributed by atoms with Gasteiger partial charge in [-0.1, -0.05) is 13.8 Å². The maximum Gasteiger partial charge on any atom is 0.222 e. The Kier molecular flexibility index (Phi) is 4.88. The number of hydrogen-bond donors (Lipinski definition) is 1. The molecular weight excluding hydrogens is 394 g/mol. The molecule has 1 fully saturated rings. The number of carbonyl (C=O) groups excluding carboxylic acids is 1. The Balaban J connectivity index is 1.45. The molecule has 30 heavy (non-hydrogen) atoms. The number of pyridine rings is 1. The maximum absolute atomic E-state index is 11.8. The normalized spacial score (nSPS) is 18.4. The molecule has 7 heteroatoms. The van der Waals surface area contributed by atoms with Crippen molar-refractivity contribution in [2.24, 2.45) is 5.41 Å². The van der Waals surface area contributed by atoms with Crippen LogP contribution in [0.3, 0.4) is 0 Å². The Morgan fingerprint density at radius 1 is 1.23 bits per heavy atom. The molecule has 6 nitrogen and oxygen atoms in total. The number of thiophene rings is 1. The first-order chi connectivity index (χ1) is 14.4. The smallest absolute Gasteiger partial charge is 0.222 e. The zero-order chi connectivity index (χ0) is 20.9. The van der Waals surface area contributed by atoms with Crippen LogP contribution in [-0.4, -0.2) is 45.4 Å². The van der Waals surface area contributed by atoms with Crippen LogP contribution in [-0.2, 0) is 17.6 Å². The number of aryl methyl sites for hydroxylation is 1. The van der Waals surface area contributed by atoms with Gasteiger partial charge in [-0.2, -0.15) is 0 Å². The van der Waals surface area contributed by atoms with Crippen molar-refractivity contribution in [1.29, 1.82) is 0 Å². The predicted molar refractivity (Wildman–Crippen MR) is 122 cm³/mol. The molecule has 1 N–H and O–H groups in total. The van der Waals surface area contributed by atoms with Crippen LogP contribution < -0.4 is 5.32 Å². The molecule has 3 aromatic heterocycles. The fourth-order valence-electron chi connectivity index (χ4n) is 4.94. The molecule has 3 aromatic rings. The minimum absolute atomic E-state index is 0.290. The molecular formula is C23H29N5OS. The van der Waals surface area contributed by atoms with Crippen molar-refractivity contribution in [2.75, 3.05) is 25.0 Å². The lowest BCUT2D eigenvalue weighted by Gasteiger charge is -2.32. The highest BCUT2D eigenvalue weighted by Gasteiger charge is 2.30. The fraction of sp³-hybridized carbons (Fsp3) is 0.565. The molecule has 0 radical (unpaired) electrons. The topological polar surface area (TPSA) is 71.0 Å². The molecule has 1 amide bonds. The number of nitrogens with zero attached hydrogens (tertiary/aromatic N) is 4. The van der Waals surface area contributed by atoms with Crippen molar-refractivity contribution >= 4 is 43.5 Å². The molecule has 1 aliphatic carbocycles. The minimum Gasteiger partial charge on any atom is -0.369 e. The van der Waals surface area contributed by atoms with E-state index < -0.39 is 0 Å². The van der Waals surface area contributed by atoms with Gasteiger partial charge in [0.15, 0.2) is 0 Å². The third-order valence-electron chi connectivity index (χ3n) is 6.60. The monoisotopic (exact) mass is 423 g/mol. The number of carbonyl (C=O) groups is 1. The van der Waals surface area contributed by atoms with Crippen LogP contribution in [0.25, 0.3) is 20.4 Å². The van der Waals surface area contributed by atoms with Gasteiger partial charge in [-0.3, -0.25) is 4.79 Å². The van der Waals surface area contributed by atoms with E-state index in [1.807, 2.05) is 4.90 Å². The van der Waals surface area contributed by atoms with E-state index in [1.165, 1.54) is 22.9 Å². The molecule has 158 valence electrons. The number of amides is 1. The number of hydrogen-bond acceptors (Lipinski definition) is 6. The Morgan fingerprint density at radius 2 is 2.10 bits per heavy atom. The van der Waals surface area contributed by atoms with Crippen LogP contribution in [0.15, 0.2) is 6.33 Å². The van der Waals surface area contributed by atoms with E-state index in [2.05, 4.69) is 36.1 Å². The Hall–Kier alpha value is -2.28.